The number of carbonyl (C=O) groups excluding carboxylic acids is 1. The molecule has 2 fully saturated rings. The number of hydrogen-bond acceptors (Lipinski definition) is 4. The zero-order chi connectivity index (χ0) is 13.8. The number of ketones is 1. The highest BCUT2D eigenvalue weighted by Gasteiger charge is 2.24. The zero-order valence-electron chi connectivity index (χ0n) is 12.1. The number of thiazole rings is 1. The van der Waals surface area contributed by atoms with Crippen molar-refractivity contribution in [2.75, 3.05) is 5.32 Å². The summed E-state index contributed by atoms with van der Waals surface area (Å²) in [5.74, 6) is 0.589. The molecule has 2 aliphatic carbocycles. The van der Waals surface area contributed by atoms with E-state index in [4.69, 9.17) is 0 Å². The molecule has 1 N–H and O–H groups in total. The molecular weight excluding hydrogens is 268 g/mol. The summed E-state index contributed by atoms with van der Waals surface area (Å²) >= 11 is 1.56. The summed E-state index contributed by atoms with van der Waals surface area (Å²) in [4.78, 5) is 17.7. The molecule has 0 saturated heterocycles. The van der Waals surface area contributed by atoms with Crippen LogP contribution in [0, 0.1) is 5.92 Å². The molecule has 0 aliphatic heterocycles. The second kappa shape index (κ2) is 6.70. The lowest BCUT2D eigenvalue weighted by molar-refractivity contribution is 0.0893. The van der Waals surface area contributed by atoms with Crippen LogP contribution < -0.4 is 5.32 Å². The molecule has 3 nitrogen and oxygen atoms in total. The summed E-state index contributed by atoms with van der Waals surface area (Å²) in [7, 11) is 0. The third-order valence-corrected chi connectivity index (χ3v) is 5.60. The van der Waals surface area contributed by atoms with Crippen molar-refractivity contribution >= 4 is 22.3 Å². The van der Waals surface area contributed by atoms with Gasteiger partial charge in [0.15, 0.2) is 10.9 Å². The van der Waals surface area contributed by atoms with Crippen molar-refractivity contribution in [2.24, 2.45) is 5.92 Å². The summed E-state index contributed by atoms with van der Waals surface area (Å²) in [6.45, 7) is 0. The maximum Gasteiger partial charge on any atom is 0.183 e. The topological polar surface area (TPSA) is 42.0 Å². The number of rotatable bonds is 4. The van der Waals surface area contributed by atoms with Crippen molar-refractivity contribution in [2.45, 2.75) is 70.3 Å². The first-order valence-electron chi connectivity index (χ1n) is 8.09. The largest absolute Gasteiger partial charge is 0.359 e. The molecule has 1 aromatic rings. The van der Waals surface area contributed by atoms with Crippen molar-refractivity contribution < 1.29 is 4.79 Å². The Morgan fingerprint density at radius 3 is 2.40 bits per heavy atom. The van der Waals surface area contributed by atoms with E-state index in [9.17, 15) is 4.79 Å². The molecule has 4 heteroatoms. The van der Waals surface area contributed by atoms with Crippen LogP contribution in [0.5, 0.6) is 0 Å². The highest BCUT2D eigenvalue weighted by atomic mass is 32.1. The summed E-state index contributed by atoms with van der Waals surface area (Å²) in [5.41, 5.74) is 0. The quantitative estimate of drug-likeness (QED) is 0.821. The van der Waals surface area contributed by atoms with Gasteiger partial charge in [-0.2, -0.15) is 0 Å². The van der Waals surface area contributed by atoms with Crippen molar-refractivity contribution in [3.05, 3.63) is 11.1 Å². The SMILES string of the molecule is O=C(c1cnc(NC2CCCCC2)s1)C1CCCCC1. The van der Waals surface area contributed by atoms with Crippen molar-refractivity contribution in [1.29, 1.82) is 0 Å². The number of aromatic nitrogens is 1. The maximum absolute atomic E-state index is 12.4. The fourth-order valence-corrected chi connectivity index (χ4v) is 4.35. The van der Waals surface area contributed by atoms with Gasteiger partial charge in [-0.05, 0) is 25.7 Å². The Morgan fingerprint density at radius 2 is 1.70 bits per heavy atom. The lowest BCUT2D eigenvalue weighted by Gasteiger charge is -2.22. The second-order valence-electron chi connectivity index (χ2n) is 6.21. The summed E-state index contributed by atoms with van der Waals surface area (Å²) < 4.78 is 0. The Balaban J connectivity index is 1.59. The molecule has 0 bridgehead atoms. The van der Waals surface area contributed by atoms with E-state index in [0.717, 1.165) is 22.9 Å². The predicted octanol–water partition coefficient (Wildman–Crippen LogP) is 4.65. The first-order chi connectivity index (χ1) is 9.83. The maximum atomic E-state index is 12.4. The Bertz CT molecular complexity index is 445. The van der Waals surface area contributed by atoms with Gasteiger partial charge in [0, 0.05) is 12.0 Å². The van der Waals surface area contributed by atoms with E-state index in [1.54, 1.807) is 17.5 Å². The molecule has 0 atom stereocenters. The van der Waals surface area contributed by atoms with Crippen molar-refractivity contribution in [1.82, 2.24) is 4.98 Å². The summed E-state index contributed by atoms with van der Waals surface area (Å²) in [5, 5.41) is 4.46. The van der Waals surface area contributed by atoms with Crippen molar-refractivity contribution in [3.63, 3.8) is 0 Å². The second-order valence-corrected chi connectivity index (χ2v) is 7.24. The molecule has 20 heavy (non-hydrogen) atoms. The van der Waals surface area contributed by atoms with Crippen LogP contribution in [0.15, 0.2) is 6.20 Å². The zero-order valence-corrected chi connectivity index (χ0v) is 12.9. The number of anilines is 1. The first-order valence-corrected chi connectivity index (χ1v) is 8.91. The van der Waals surface area contributed by atoms with E-state index >= 15 is 0 Å². The Morgan fingerprint density at radius 1 is 1.05 bits per heavy atom. The molecule has 1 aromatic heterocycles. The number of carbonyl (C=O) groups is 1. The standard InChI is InChI=1S/C16H24N2OS/c19-15(12-7-3-1-4-8-12)14-11-17-16(20-14)18-13-9-5-2-6-10-13/h11-13H,1-10H2,(H,17,18). The third-order valence-electron chi connectivity index (χ3n) is 4.66. The van der Waals surface area contributed by atoms with Gasteiger partial charge in [0.25, 0.3) is 0 Å². The van der Waals surface area contributed by atoms with Crippen molar-refractivity contribution in [3.8, 4) is 0 Å². The normalized spacial score (nSPS) is 21.8. The minimum atomic E-state index is 0.256. The average Bonchev–Trinajstić information content (AvgIpc) is 2.97. The number of nitrogens with zero attached hydrogens (tertiary/aromatic N) is 1. The van der Waals surface area contributed by atoms with Crippen LogP contribution in [0.3, 0.4) is 0 Å². The lowest BCUT2D eigenvalue weighted by Crippen LogP contribution is -2.21. The van der Waals surface area contributed by atoms with Crippen LogP contribution in [0.2, 0.25) is 0 Å². The minimum absolute atomic E-state index is 0.256. The van der Waals surface area contributed by atoms with Gasteiger partial charge in [-0.15, -0.1) is 0 Å². The van der Waals surface area contributed by atoms with E-state index < -0.39 is 0 Å². The Labute approximate surface area is 125 Å². The van der Waals surface area contributed by atoms with E-state index in [1.165, 1.54) is 51.4 Å². The molecule has 1 heterocycles. The summed E-state index contributed by atoms with van der Waals surface area (Å²) in [6.07, 6.45) is 14.1. The van der Waals surface area contributed by atoms with Crippen LogP contribution in [0.1, 0.15) is 73.9 Å². The van der Waals surface area contributed by atoms with Gasteiger partial charge < -0.3 is 5.32 Å². The molecule has 0 spiro atoms. The highest BCUT2D eigenvalue weighted by molar-refractivity contribution is 7.17. The van der Waals surface area contributed by atoms with E-state index in [0.29, 0.717) is 11.8 Å². The number of nitrogens with one attached hydrogen (secondary N) is 1. The van der Waals surface area contributed by atoms with Crippen LogP contribution in [-0.4, -0.2) is 16.8 Å². The molecule has 0 radical (unpaired) electrons. The van der Waals surface area contributed by atoms with Gasteiger partial charge in [-0.25, -0.2) is 4.98 Å². The molecular formula is C16H24N2OS. The van der Waals surface area contributed by atoms with Gasteiger partial charge in [0.05, 0.1) is 11.1 Å². The molecule has 3 rings (SSSR count). The molecule has 0 aromatic carbocycles. The van der Waals surface area contributed by atoms with E-state index in [2.05, 4.69) is 10.3 Å². The Hall–Kier alpha value is -0.900. The van der Waals surface area contributed by atoms with Gasteiger partial charge in [0.1, 0.15) is 0 Å². The molecule has 2 aliphatic rings. The molecule has 2 saturated carbocycles. The van der Waals surface area contributed by atoms with E-state index in [-0.39, 0.29) is 5.92 Å². The fraction of sp³-hybridized carbons (Fsp3) is 0.750. The molecule has 0 unspecified atom stereocenters. The smallest absolute Gasteiger partial charge is 0.183 e. The van der Waals surface area contributed by atoms with Crippen LogP contribution in [0.4, 0.5) is 5.13 Å². The third kappa shape index (κ3) is 3.40. The summed E-state index contributed by atoms with van der Waals surface area (Å²) in [6, 6.07) is 0.563. The molecule has 110 valence electrons. The van der Waals surface area contributed by atoms with Gasteiger partial charge in [0.2, 0.25) is 0 Å². The molecule has 0 amide bonds. The first kappa shape index (κ1) is 14.1. The number of hydrogen-bond donors (Lipinski definition) is 1. The van der Waals surface area contributed by atoms with Gasteiger partial charge >= 0.3 is 0 Å². The monoisotopic (exact) mass is 292 g/mol. The number of Topliss-reactive ketones (excluding diaryl/α,β-unsaturated/α-hetero) is 1. The van der Waals surface area contributed by atoms with Crippen LogP contribution in [0.25, 0.3) is 0 Å². The fourth-order valence-electron chi connectivity index (χ4n) is 3.44. The Kier molecular flexibility index (Phi) is 4.71. The van der Waals surface area contributed by atoms with Gasteiger partial charge in [-0.3, -0.25) is 4.79 Å². The van der Waals surface area contributed by atoms with Crippen LogP contribution >= 0.6 is 11.3 Å². The van der Waals surface area contributed by atoms with Gasteiger partial charge in [-0.1, -0.05) is 49.9 Å². The minimum Gasteiger partial charge on any atom is -0.359 e. The van der Waals surface area contributed by atoms with Crippen LogP contribution in [-0.2, 0) is 0 Å². The highest BCUT2D eigenvalue weighted by Crippen LogP contribution is 2.30. The predicted molar refractivity (Wildman–Crippen MR) is 83.5 cm³/mol. The van der Waals surface area contributed by atoms with E-state index in [1.807, 2.05) is 0 Å². The lowest BCUT2D eigenvalue weighted by atomic mass is 9.86. The average molecular weight is 292 g/mol.